The summed E-state index contributed by atoms with van der Waals surface area (Å²) >= 11 is 6.27. The molecule has 0 aliphatic heterocycles. The third-order valence-electron chi connectivity index (χ3n) is 2.88. The number of anilines is 1. The van der Waals surface area contributed by atoms with Gasteiger partial charge in [-0.1, -0.05) is 47.1 Å². The zero-order chi connectivity index (χ0) is 14.5. The lowest BCUT2D eigenvalue weighted by Crippen LogP contribution is -2.20. The summed E-state index contributed by atoms with van der Waals surface area (Å²) in [6, 6.07) is 11.6. The molecule has 0 saturated carbocycles. The maximum absolute atomic E-state index is 8.75. The van der Waals surface area contributed by atoms with Crippen molar-refractivity contribution in [3.63, 3.8) is 0 Å². The highest BCUT2D eigenvalue weighted by Gasteiger charge is 2.14. The van der Waals surface area contributed by atoms with Crippen molar-refractivity contribution in [2.24, 2.45) is 10.9 Å². The predicted octanol–water partition coefficient (Wildman–Crippen LogP) is 2.47. The third kappa shape index (κ3) is 3.00. The Morgan fingerprint density at radius 3 is 2.70 bits per heavy atom. The molecule has 1 aromatic heterocycles. The van der Waals surface area contributed by atoms with Gasteiger partial charge in [-0.25, -0.2) is 4.98 Å². The highest BCUT2D eigenvalue weighted by atomic mass is 35.5. The van der Waals surface area contributed by atoms with Gasteiger partial charge in [0.1, 0.15) is 5.82 Å². The van der Waals surface area contributed by atoms with Crippen LogP contribution < -0.4 is 10.6 Å². The molecule has 104 valence electrons. The lowest BCUT2D eigenvalue weighted by molar-refractivity contribution is 0.318. The van der Waals surface area contributed by atoms with Crippen molar-refractivity contribution in [3.8, 4) is 0 Å². The van der Waals surface area contributed by atoms with Crippen LogP contribution in [-0.2, 0) is 6.54 Å². The average molecular weight is 291 g/mol. The molecule has 0 amide bonds. The van der Waals surface area contributed by atoms with E-state index in [1.165, 1.54) is 0 Å². The van der Waals surface area contributed by atoms with Crippen molar-refractivity contribution in [1.82, 2.24) is 4.98 Å². The maximum atomic E-state index is 8.75. The molecule has 20 heavy (non-hydrogen) atoms. The normalized spacial score (nSPS) is 11.4. The fourth-order valence-electron chi connectivity index (χ4n) is 1.88. The Bertz CT molecular complexity index is 616. The first-order valence-electron chi connectivity index (χ1n) is 6.01. The van der Waals surface area contributed by atoms with Gasteiger partial charge in [-0.15, -0.1) is 0 Å². The van der Waals surface area contributed by atoms with Gasteiger partial charge >= 0.3 is 0 Å². The molecule has 2 aromatic rings. The predicted molar refractivity (Wildman–Crippen MR) is 80.3 cm³/mol. The topological polar surface area (TPSA) is 74.7 Å². The summed E-state index contributed by atoms with van der Waals surface area (Å²) in [6.07, 6.45) is 1.58. The van der Waals surface area contributed by atoms with E-state index >= 15 is 0 Å². The number of amidine groups is 1. The number of nitrogens with two attached hydrogens (primary N) is 1. The number of oxime groups is 1. The van der Waals surface area contributed by atoms with Gasteiger partial charge in [0, 0.05) is 25.4 Å². The Morgan fingerprint density at radius 2 is 2.05 bits per heavy atom. The van der Waals surface area contributed by atoms with Crippen LogP contribution in [0.1, 0.15) is 11.1 Å². The molecule has 0 aliphatic carbocycles. The molecule has 0 unspecified atom stereocenters. The minimum atomic E-state index is -0.0354. The van der Waals surface area contributed by atoms with Crippen molar-refractivity contribution in [3.05, 3.63) is 58.7 Å². The monoisotopic (exact) mass is 290 g/mol. The quantitative estimate of drug-likeness (QED) is 0.393. The molecule has 0 radical (unpaired) electrons. The second-order valence-corrected chi connectivity index (χ2v) is 4.70. The molecule has 3 N–H and O–H groups in total. The molecule has 1 heterocycles. The molecule has 5 nitrogen and oxygen atoms in total. The van der Waals surface area contributed by atoms with Crippen LogP contribution in [-0.4, -0.2) is 23.1 Å². The molecular weight excluding hydrogens is 276 g/mol. The van der Waals surface area contributed by atoms with E-state index in [0.717, 1.165) is 5.56 Å². The standard InChI is InChI=1S/C14H15ClN4O/c1-19(9-10-5-3-2-4-6-10)14-12(15)11(7-8-17-14)13(16)18-20/h2-8,20H,9H2,1H3,(H2,16,18). The first kappa shape index (κ1) is 14.1. The fourth-order valence-corrected chi connectivity index (χ4v) is 2.24. The molecular formula is C14H15ClN4O. The van der Waals surface area contributed by atoms with E-state index in [-0.39, 0.29) is 5.84 Å². The maximum Gasteiger partial charge on any atom is 0.171 e. The van der Waals surface area contributed by atoms with Crippen LogP contribution in [0.4, 0.5) is 5.82 Å². The zero-order valence-electron chi connectivity index (χ0n) is 11.0. The molecule has 6 heteroatoms. The van der Waals surface area contributed by atoms with Crippen molar-refractivity contribution < 1.29 is 5.21 Å². The van der Waals surface area contributed by atoms with E-state index in [1.807, 2.05) is 42.3 Å². The Kier molecular flexibility index (Phi) is 4.42. The first-order valence-corrected chi connectivity index (χ1v) is 6.38. The molecule has 0 aliphatic rings. The molecule has 0 bridgehead atoms. The smallest absolute Gasteiger partial charge is 0.171 e. The average Bonchev–Trinajstić information content (AvgIpc) is 2.47. The Balaban J connectivity index is 2.29. The molecule has 0 spiro atoms. The minimum Gasteiger partial charge on any atom is -0.409 e. The van der Waals surface area contributed by atoms with Gasteiger partial charge in [0.25, 0.3) is 0 Å². The van der Waals surface area contributed by atoms with Crippen molar-refractivity contribution >= 4 is 23.3 Å². The van der Waals surface area contributed by atoms with Crippen LogP contribution in [0.5, 0.6) is 0 Å². The van der Waals surface area contributed by atoms with Crippen molar-refractivity contribution in [2.75, 3.05) is 11.9 Å². The van der Waals surface area contributed by atoms with E-state index in [2.05, 4.69) is 10.1 Å². The minimum absolute atomic E-state index is 0.0354. The van der Waals surface area contributed by atoms with Gasteiger partial charge in [0.15, 0.2) is 5.84 Å². The molecule has 0 saturated heterocycles. The van der Waals surface area contributed by atoms with E-state index in [4.69, 9.17) is 22.5 Å². The lowest BCUT2D eigenvalue weighted by Gasteiger charge is -2.20. The number of halogens is 1. The summed E-state index contributed by atoms with van der Waals surface area (Å²) < 4.78 is 0. The molecule has 0 fully saturated rings. The molecule has 2 rings (SSSR count). The number of aromatic nitrogens is 1. The lowest BCUT2D eigenvalue weighted by atomic mass is 10.2. The fraction of sp³-hybridized carbons (Fsp3) is 0.143. The summed E-state index contributed by atoms with van der Waals surface area (Å²) in [7, 11) is 1.89. The summed E-state index contributed by atoms with van der Waals surface area (Å²) in [5.41, 5.74) is 7.18. The van der Waals surface area contributed by atoms with Gasteiger partial charge < -0.3 is 15.8 Å². The van der Waals surface area contributed by atoms with Crippen LogP contribution >= 0.6 is 11.6 Å². The van der Waals surface area contributed by atoms with Gasteiger partial charge in [0.05, 0.1) is 5.02 Å². The Hall–Kier alpha value is -2.27. The van der Waals surface area contributed by atoms with Crippen LogP contribution in [0, 0.1) is 0 Å². The third-order valence-corrected chi connectivity index (χ3v) is 3.25. The highest BCUT2D eigenvalue weighted by Crippen LogP contribution is 2.26. The number of rotatable bonds is 4. The molecule has 1 aromatic carbocycles. The highest BCUT2D eigenvalue weighted by molar-refractivity contribution is 6.36. The number of pyridine rings is 1. The second kappa shape index (κ2) is 6.25. The Labute approximate surface area is 122 Å². The summed E-state index contributed by atoms with van der Waals surface area (Å²) in [4.78, 5) is 6.16. The van der Waals surface area contributed by atoms with Gasteiger partial charge in [-0.2, -0.15) is 0 Å². The van der Waals surface area contributed by atoms with E-state index in [0.29, 0.717) is 22.9 Å². The van der Waals surface area contributed by atoms with Crippen LogP contribution in [0.15, 0.2) is 47.8 Å². The van der Waals surface area contributed by atoms with Crippen LogP contribution in [0.3, 0.4) is 0 Å². The van der Waals surface area contributed by atoms with E-state index in [9.17, 15) is 0 Å². The summed E-state index contributed by atoms with van der Waals surface area (Å²) in [5.74, 6) is 0.548. The first-order chi connectivity index (χ1) is 9.63. The number of benzene rings is 1. The number of hydrogen-bond donors (Lipinski definition) is 2. The number of nitrogens with zero attached hydrogens (tertiary/aromatic N) is 3. The summed E-state index contributed by atoms with van der Waals surface area (Å²) in [5, 5.41) is 12.1. The van der Waals surface area contributed by atoms with Crippen molar-refractivity contribution in [2.45, 2.75) is 6.54 Å². The van der Waals surface area contributed by atoms with Gasteiger partial charge in [-0.05, 0) is 11.6 Å². The second-order valence-electron chi connectivity index (χ2n) is 4.32. The molecule has 0 atom stereocenters. The van der Waals surface area contributed by atoms with Gasteiger partial charge in [-0.3, -0.25) is 0 Å². The summed E-state index contributed by atoms with van der Waals surface area (Å²) in [6.45, 7) is 0.660. The van der Waals surface area contributed by atoms with Crippen LogP contribution in [0.25, 0.3) is 0 Å². The van der Waals surface area contributed by atoms with Crippen LogP contribution in [0.2, 0.25) is 5.02 Å². The SMILES string of the molecule is CN(Cc1ccccc1)c1nccc(/C(N)=N/O)c1Cl. The van der Waals surface area contributed by atoms with Gasteiger partial charge in [0.2, 0.25) is 0 Å². The van der Waals surface area contributed by atoms with E-state index < -0.39 is 0 Å². The Morgan fingerprint density at radius 1 is 1.35 bits per heavy atom. The largest absolute Gasteiger partial charge is 0.409 e. The van der Waals surface area contributed by atoms with E-state index in [1.54, 1.807) is 12.3 Å². The zero-order valence-corrected chi connectivity index (χ0v) is 11.7. The van der Waals surface area contributed by atoms with Crippen molar-refractivity contribution in [1.29, 1.82) is 0 Å². The number of hydrogen-bond acceptors (Lipinski definition) is 4.